The Morgan fingerprint density at radius 3 is 2.64 bits per heavy atom. The van der Waals surface area contributed by atoms with E-state index >= 15 is 0 Å². The molecule has 10 heteroatoms. The number of nitrogens with one attached hydrogen (secondary N) is 1. The highest BCUT2D eigenvalue weighted by molar-refractivity contribution is 7.92. The van der Waals surface area contributed by atoms with Crippen molar-refractivity contribution in [3.05, 3.63) is 70.2 Å². The van der Waals surface area contributed by atoms with Gasteiger partial charge in [-0.2, -0.15) is 0 Å². The molecule has 1 N–H and O–H groups in total. The number of hydrogen-bond donors (Lipinski definition) is 1. The number of furan rings is 1. The zero-order chi connectivity index (χ0) is 22.2. The molecule has 2 aromatic carbocycles. The first kappa shape index (κ1) is 16.8. The predicted molar refractivity (Wildman–Crippen MR) is 99.3 cm³/mol. The normalized spacial score (nSPS) is 12.2. The summed E-state index contributed by atoms with van der Waals surface area (Å²) in [5.74, 6) is -0.833. The first-order chi connectivity index (χ1) is 14.0. The smallest absolute Gasteiger partial charge is 0.271 e. The Bertz CT molecular complexity index is 1260. The van der Waals surface area contributed by atoms with Gasteiger partial charge in [0.15, 0.2) is 0 Å². The number of nitro groups is 1. The van der Waals surface area contributed by atoms with E-state index in [1.807, 2.05) is 0 Å². The maximum atomic E-state index is 14.8. The van der Waals surface area contributed by atoms with Crippen molar-refractivity contribution in [2.24, 2.45) is 0 Å². The highest BCUT2D eigenvalue weighted by Gasteiger charge is 2.21. The third kappa shape index (κ3) is 3.81. The number of rotatable bonds is 6. The van der Waals surface area contributed by atoms with Crippen LogP contribution in [0.2, 0.25) is 0 Å². The van der Waals surface area contributed by atoms with E-state index in [-0.39, 0.29) is 22.8 Å². The fourth-order valence-corrected chi connectivity index (χ4v) is 3.39. The van der Waals surface area contributed by atoms with Crippen molar-refractivity contribution in [3.63, 3.8) is 0 Å². The van der Waals surface area contributed by atoms with Crippen LogP contribution in [0, 0.1) is 22.9 Å². The third-order valence-electron chi connectivity index (χ3n) is 3.71. The van der Waals surface area contributed by atoms with Gasteiger partial charge in [-0.3, -0.25) is 14.8 Å². The summed E-state index contributed by atoms with van der Waals surface area (Å²) in [6, 6.07) is 5.51. The Balaban J connectivity index is 2.10. The molecule has 0 radical (unpaired) electrons. The molecule has 0 unspecified atom stereocenters. The lowest BCUT2D eigenvalue weighted by molar-refractivity contribution is -0.384. The Morgan fingerprint density at radius 2 is 2.04 bits per heavy atom. The van der Waals surface area contributed by atoms with Crippen LogP contribution in [0.5, 0.6) is 5.75 Å². The highest BCUT2D eigenvalue weighted by atomic mass is 32.2. The summed E-state index contributed by atoms with van der Waals surface area (Å²) in [4.78, 5) is 9.44. The SMILES string of the molecule is [2H]c1cc(S(=O)(=O)Nc2cc([N+](=O)[O-])ccc2OC)c([2H])c(F)c1-c1ccc(C)o1. The number of halogens is 1. The standard InChI is InChI=1S/C18H15FN2O6S/c1-11-3-7-17(27-11)14-6-5-13(10-15(14)19)28(24,25)20-16-9-12(21(22)23)4-8-18(16)26-2/h3-10,20H,1-2H3/i6D,10D. The molecule has 0 bridgehead atoms. The Morgan fingerprint density at radius 1 is 1.29 bits per heavy atom. The summed E-state index contributed by atoms with van der Waals surface area (Å²) in [6.45, 7) is 1.61. The van der Waals surface area contributed by atoms with Gasteiger partial charge in [0.2, 0.25) is 0 Å². The Hall–Kier alpha value is -3.40. The van der Waals surface area contributed by atoms with Crippen molar-refractivity contribution in [1.29, 1.82) is 0 Å². The van der Waals surface area contributed by atoms with E-state index in [2.05, 4.69) is 4.72 Å². The zero-order valence-corrected chi connectivity index (χ0v) is 15.5. The molecule has 0 spiro atoms. The first-order valence-electron chi connectivity index (χ1n) is 8.77. The molecule has 1 aromatic heterocycles. The van der Waals surface area contributed by atoms with Gasteiger partial charge in [0.1, 0.15) is 23.1 Å². The number of nitrogens with zero attached hydrogens (tertiary/aromatic N) is 1. The average molecular weight is 408 g/mol. The van der Waals surface area contributed by atoms with Crippen LogP contribution in [0.4, 0.5) is 15.8 Å². The number of anilines is 1. The summed E-state index contributed by atoms with van der Waals surface area (Å²) in [6.07, 6.45) is 0. The monoisotopic (exact) mass is 408 g/mol. The maximum Gasteiger partial charge on any atom is 0.271 e. The minimum atomic E-state index is -4.59. The van der Waals surface area contributed by atoms with Crippen molar-refractivity contribution in [2.45, 2.75) is 11.8 Å². The summed E-state index contributed by atoms with van der Waals surface area (Å²) >= 11 is 0. The Kier molecular flexibility index (Phi) is 4.37. The summed E-state index contributed by atoms with van der Waals surface area (Å²) in [7, 11) is -3.36. The minimum Gasteiger partial charge on any atom is -0.495 e. The van der Waals surface area contributed by atoms with Crippen LogP contribution in [0.1, 0.15) is 8.50 Å². The second kappa shape index (κ2) is 7.31. The molecule has 1 heterocycles. The minimum absolute atomic E-state index is 0.0132. The predicted octanol–water partition coefficient (Wildman–Crippen LogP) is 4.11. The summed E-state index contributed by atoms with van der Waals surface area (Å²) in [5.41, 5.74) is -1.03. The van der Waals surface area contributed by atoms with Crippen LogP contribution in [-0.2, 0) is 10.0 Å². The van der Waals surface area contributed by atoms with Gasteiger partial charge in [0.25, 0.3) is 15.7 Å². The molecule has 0 aliphatic carbocycles. The molecule has 0 saturated heterocycles. The van der Waals surface area contributed by atoms with E-state index in [1.54, 1.807) is 13.0 Å². The molecular formula is C18H15FN2O6S. The van der Waals surface area contributed by atoms with Crippen molar-refractivity contribution in [2.75, 3.05) is 11.8 Å². The molecule has 0 fully saturated rings. The topological polar surface area (TPSA) is 112 Å². The zero-order valence-electron chi connectivity index (χ0n) is 16.6. The average Bonchev–Trinajstić information content (AvgIpc) is 3.10. The van der Waals surface area contributed by atoms with Gasteiger partial charge in [-0.15, -0.1) is 0 Å². The molecule has 146 valence electrons. The second-order valence-electron chi connectivity index (χ2n) is 5.62. The van der Waals surface area contributed by atoms with Gasteiger partial charge in [-0.05, 0) is 43.3 Å². The van der Waals surface area contributed by atoms with Gasteiger partial charge in [-0.1, -0.05) is 0 Å². The number of benzene rings is 2. The number of aryl methyl sites for hydroxylation is 1. The second-order valence-corrected chi connectivity index (χ2v) is 7.28. The van der Waals surface area contributed by atoms with Crippen LogP contribution in [0.25, 0.3) is 11.3 Å². The van der Waals surface area contributed by atoms with Crippen LogP contribution >= 0.6 is 0 Å². The fourth-order valence-electron chi connectivity index (χ4n) is 2.39. The van der Waals surface area contributed by atoms with Crippen LogP contribution in [0.3, 0.4) is 0 Å². The number of ether oxygens (including phenoxy) is 1. The van der Waals surface area contributed by atoms with E-state index in [0.717, 1.165) is 18.2 Å². The van der Waals surface area contributed by atoms with Crippen molar-refractivity contribution in [3.8, 4) is 17.1 Å². The molecular weight excluding hydrogens is 391 g/mol. The lowest BCUT2D eigenvalue weighted by atomic mass is 10.1. The van der Waals surface area contributed by atoms with Crippen molar-refractivity contribution < 1.29 is 29.6 Å². The van der Waals surface area contributed by atoms with Crippen LogP contribution in [0.15, 0.2) is 57.8 Å². The van der Waals surface area contributed by atoms with Crippen molar-refractivity contribution >= 4 is 21.4 Å². The lowest BCUT2D eigenvalue weighted by Crippen LogP contribution is -2.14. The van der Waals surface area contributed by atoms with E-state index in [4.69, 9.17) is 11.9 Å². The molecule has 8 nitrogen and oxygen atoms in total. The fraction of sp³-hybridized carbons (Fsp3) is 0.111. The van der Waals surface area contributed by atoms with Crippen LogP contribution < -0.4 is 9.46 Å². The van der Waals surface area contributed by atoms with Gasteiger partial charge in [-0.25, -0.2) is 12.8 Å². The molecule has 0 atom stereocenters. The molecule has 0 aliphatic rings. The lowest BCUT2D eigenvalue weighted by Gasteiger charge is -2.12. The first-order valence-corrected chi connectivity index (χ1v) is 9.25. The summed E-state index contributed by atoms with van der Waals surface area (Å²) < 4.78 is 68.8. The van der Waals surface area contributed by atoms with Gasteiger partial charge < -0.3 is 9.15 Å². The number of sulfonamides is 1. The largest absolute Gasteiger partial charge is 0.495 e. The molecule has 3 aromatic rings. The summed E-state index contributed by atoms with van der Waals surface area (Å²) in [5, 5.41) is 11.0. The number of nitro benzene ring substituents is 1. The molecule has 0 saturated carbocycles. The number of non-ortho nitro benzene ring substituents is 1. The highest BCUT2D eigenvalue weighted by Crippen LogP contribution is 2.32. The van der Waals surface area contributed by atoms with Crippen molar-refractivity contribution in [1.82, 2.24) is 0 Å². The molecule has 28 heavy (non-hydrogen) atoms. The van der Waals surface area contributed by atoms with E-state index in [0.29, 0.717) is 5.76 Å². The maximum absolute atomic E-state index is 14.8. The quantitative estimate of drug-likeness (QED) is 0.485. The molecule has 0 aliphatic heterocycles. The van der Waals surface area contributed by atoms with E-state index in [1.165, 1.54) is 19.2 Å². The van der Waals surface area contributed by atoms with Gasteiger partial charge in [0.05, 0.1) is 30.9 Å². The Labute approximate surface area is 162 Å². The number of hydrogen-bond acceptors (Lipinski definition) is 6. The third-order valence-corrected chi connectivity index (χ3v) is 5.00. The number of methoxy groups -OCH3 is 1. The van der Waals surface area contributed by atoms with E-state index < -0.39 is 43.4 Å². The van der Waals surface area contributed by atoms with Gasteiger partial charge >= 0.3 is 0 Å². The molecule has 0 amide bonds. The van der Waals surface area contributed by atoms with E-state index in [9.17, 15) is 22.9 Å². The molecule has 3 rings (SSSR count). The van der Waals surface area contributed by atoms with Gasteiger partial charge in [0, 0.05) is 12.1 Å². The van der Waals surface area contributed by atoms with Crippen LogP contribution in [-0.4, -0.2) is 20.5 Å².